The molecule has 1 aromatic heterocycles. The van der Waals surface area contributed by atoms with Crippen LogP contribution >= 0.6 is 24.0 Å². The van der Waals surface area contributed by atoms with Gasteiger partial charge in [0.05, 0.1) is 5.02 Å². The van der Waals surface area contributed by atoms with Gasteiger partial charge in [0.25, 0.3) is 5.91 Å². The van der Waals surface area contributed by atoms with Crippen molar-refractivity contribution in [2.24, 2.45) is 12.8 Å². The zero-order valence-corrected chi connectivity index (χ0v) is 12.6. The van der Waals surface area contributed by atoms with Crippen molar-refractivity contribution in [2.75, 3.05) is 6.54 Å². The van der Waals surface area contributed by atoms with Crippen LogP contribution < -0.4 is 11.1 Å². The van der Waals surface area contributed by atoms with Gasteiger partial charge in [-0.3, -0.25) is 4.79 Å². The first-order valence-corrected chi connectivity index (χ1v) is 6.18. The van der Waals surface area contributed by atoms with Gasteiger partial charge in [-0.25, -0.2) is 0 Å². The predicted molar refractivity (Wildman–Crippen MR) is 77.5 cm³/mol. The molecule has 1 aromatic rings. The van der Waals surface area contributed by atoms with E-state index in [2.05, 4.69) is 5.32 Å². The second-order valence-electron chi connectivity index (χ2n) is 4.41. The molecule has 4 nitrogen and oxygen atoms in total. The van der Waals surface area contributed by atoms with Crippen LogP contribution in [0.25, 0.3) is 0 Å². The molecule has 0 aliphatic rings. The van der Waals surface area contributed by atoms with Gasteiger partial charge in [0.2, 0.25) is 0 Å². The summed E-state index contributed by atoms with van der Waals surface area (Å²) < 4.78 is 1.70. The molecule has 0 aromatic carbocycles. The molecule has 0 saturated heterocycles. The van der Waals surface area contributed by atoms with E-state index < -0.39 is 0 Å². The minimum absolute atomic E-state index is 0. The van der Waals surface area contributed by atoms with Crippen LogP contribution in [0.1, 0.15) is 37.2 Å². The molecule has 0 aliphatic heterocycles. The van der Waals surface area contributed by atoms with Crippen molar-refractivity contribution in [3.05, 3.63) is 23.0 Å². The summed E-state index contributed by atoms with van der Waals surface area (Å²) >= 11 is 5.83. The number of aromatic nitrogens is 1. The Morgan fingerprint density at radius 1 is 1.50 bits per heavy atom. The molecular weight excluding hydrogens is 273 g/mol. The van der Waals surface area contributed by atoms with E-state index in [1.54, 1.807) is 23.9 Å². The summed E-state index contributed by atoms with van der Waals surface area (Å²) in [6, 6.07) is 1.65. The maximum absolute atomic E-state index is 11.9. The molecule has 0 spiro atoms. The summed E-state index contributed by atoms with van der Waals surface area (Å²) in [6.45, 7) is 4.52. The number of rotatable bonds is 5. The summed E-state index contributed by atoms with van der Waals surface area (Å²) in [6.07, 6.45) is 3.36. The molecule has 18 heavy (non-hydrogen) atoms. The fraction of sp³-hybridized carbons (Fsp3) is 0.583. The monoisotopic (exact) mass is 293 g/mol. The van der Waals surface area contributed by atoms with Crippen LogP contribution in [-0.2, 0) is 7.05 Å². The quantitative estimate of drug-likeness (QED) is 0.875. The second kappa shape index (κ2) is 7.02. The van der Waals surface area contributed by atoms with Gasteiger partial charge in [-0.1, -0.05) is 25.4 Å². The highest BCUT2D eigenvalue weighted by atomic mass is 35.5. The van der Waals surface area contributed by atoms with Crippen LogP contribution in [0.3, 0.4) is 0 Å². The van der Waals surface area contributed by atoms with Crippen LogP contribution in [0.5, 0.6) is 0 Å². The van der Waals surface area contributed by atoms with E-state index in [1.165, 1.54) is 0 Å². The zero-order valence-electron chi connectivity index (χ0n) is 11.0. The number of hydrogen-bond acceptors (Lipinski definition) is 2. The minimum atomic E-state index is -0.329. The highest BCUT2D eigenvalue weighted by Crippen LogP contribution is 2.13. The van der Waals surface area contributed by atoms with Gasteiger partial charge in [0.1, 0.15) is 5.69 Å². The fourth-order valence-electron chi connectivity index (χ4n) is 1.60. The SMILES string of the molecule is CCC(N)(CC)CNC(=O)c1cc(Cl)cn1C.Cl. The zero-order chi connectivity index (χ0) is 13.1. The maximum atomic E-state index is 11.9. The van der Waals surface area contributed by atoms with E-state index in [4.69, 9.17) is 17.3 Å². The first-order chi connectivity index (χ1) is 7.91. The number of halogens is 2. The van der Waals surface area contributed by atoms with Gasteiger partial charge in [-0.05, 0) is 18.9 Å². The number of nitrogens with one attached hydrogen (secondary N) is 1. The normalized spacial score (nSPS) is 10.9. The van der Waals surface area contributed by atoms with Crippen molar-refractivity contribution in [3.8, 4) is 0 Å². The van der Waals surface area contributed by atoms with Gasteiger partial charge in [-0.2, -0.15) is 0 Å². The number of carbonyl (C=O) groups is 1. The number of nitrogens with two attached hydrogens (primary N) is 1. The summed E-state index contributed by atoms with van der Waals surface area (Å²) in [5.74, 6) is -0.142. The van der Waals surface area contributed by atoms with Crippen LogP contribution in [0, 0.1) is 0 Å². The number of carbonyl (C=O) groups excluding carboxylic acids is 1. The Hall–Kier alpha value is -0.710. The number of amides is 1. The Kier molecular flexibility index (Phi) is 6.74. The average molecular weight is 294 g/mol. The third-order valence-electron chi connectivity index (χ3n) is 3.21. The number of aryl methyl sites for hydroxylation is 1. The Morgan fingerprint density at radius 3 is 2.44 bits per heavy atom. The van der Waals surface area contributed by atoms with Gasteiger partial charge in [0.15, 0.2) is 0 Å². The molecule has 0 atom stereocenters. The van der Waals surface area contributed by atoms with Gasteiger partial charge >= 0.3 is 0 Å². The summed E-state index contributed by atoms with van der Waals surface area (Å²) in [5.41, 5.74) is 6.34. The third-order valence-corrected chi connectivity index (χ3v) is 3.42. The topological polar surface area (TPSA) is 60.0 Å². The Morgan fingerprint density at radius 2 is 2.06 bits per heavy atom. The van der Waals surface area contributed by atoms with Crippen LogP contribution in [-0.4, -0.2) is 22.6 Å². The lowest BCUT2D eigenvalue weighted by atomic mass is 9.94. The first-order valence-electron chi connectivity index (χ1n) is 5.81. The highest BCUT2D eigenvalue weighted by Gasteiger charge is 2.21. The molecule has 0 fully saturated rings. The van der Waals surface area contributed by atoms with Crippen molar-refractivity contribution in [1.82, 2.24) is 9.88 Å². The molecular formula is C12H21Cl2N3O. The Balaban J connectivity index is 0.00000289. The fourth-order valence-corrected chi connectivity index (χ4v) is 1.85. The van der Waals surface area contributed by atoms with Gasteiger partial charge in [0, 0.05) is 25.3 Å². The molecule has 104 valence electrons. The van der Waals surface area contributed by atoms with E-state index in [1.807, 2.05) is 13.8 Å². The molecule has 0 aliphatic carbocycles. The molecule has 0 bridgehead atoms. The lowest BCUT2D eigenvalue weighted by Crippen LogP contribution is -2.49. The van der Waals surface area contributed by atoms with Crippen molar-refractivity contribution in [2.45, 2.75) is 32.2 Å². The van der Waals surface area contributed by atoms with Crippen LogP contribution in [0.2, 0.25) is 5.02 Å². The van der Waals surface area contributed by atoms with Gasteiger partial charge in [-0.15, -0.1) is 12.4 Å². The Labute approximate surface area is 119 Å². The predicted octanol–water partition coefficient (Wildman–Crippen LogP) is 2.35. The molecule has 0 unspecified atom stereocenters. The smallest absolute Gasteiger partial charge is 0.268 e. The molecule has 0 radical (unpaired) electrons. The van der Waals surface area contributed by atoms with E-state index in [9.17, 15) is 4.79 Å². The van der Waals surface area contributed by atoms with Crippen molar-refractivity contribution in [1.29, 1.82) is 0 Å². The molecule has 1 heterocycles. The molecule has 1 rings (SSSR count). The molecule has 1 amide bonds. The average Bonchev–Trinajstić information content (AvgIpc) is 2.65. The van der Waals surface area contributed by atoms with E-state index in [0.717, 1.165) is 12.8 Å². The first kappa shape index (κ1) is 17.3. The van der Waals surface area contributed by atoms with Crippen molar-refractivity contribution >= 4 is 29.9 Å². The third kappa shape index (κ3) is 4.19. The largest absolute Gasteiger partial charge is 0.349 e. The Bertz CT molecular complexity index is 400. The standard InChI is InChI=1S/C12H20ClN3O.ClH/c1-4-12(14,5-2)8-15-11(17)10-6-9(13)7-16(10)3;/h6-7H,4-5,8,14H2,1-3H3,(H,15,17);1H. The second-order valence-corrected chi connectivity index (χ2v) is 4.84. The van der Waals surface area contributed by atoms with Crippen molar-refractivity contribution in [3.63, 3.8) is 0 Å². The van der Waals surface area contributed by atoms with E-state index in [-0.39, 0.29) is 23.9 Å². The molecule has 6 heteroatoms. The lowest BCUT2D eigenvalue weighted by molar-refractivity contribution is 0.0934. The van der Waals surface area contributed by atoms with E-state index >= 15 is 0 Å². The summed E-state index contributed by atoms with van der Waals surface area (Å²) in [5, 5.41) is 3.41. The number of nitrogens with zero attached hydrogens (tertiary/aromatic N) is 1. The van der Waals surface area contributed by atoms with Crippen LogP contribution in [0.4, 0.5) is 0 Å². The van der Waals surface area contributed by atoms with Crippen molar-refractivity contribution < 1.29 is 4.79 Å². The maximum Gasteiger partial charge on any atom is 0.268 e. The molecule has 0 saturated carbocycles. The van der Waals surface area contributed by atoms with E-state index in [0.29, 0.717) is 17.3 Å². The minimum Gasteiger partial charge on any atom is -0.349 e. The lowest BCUT2D eigenvalue weighted by Gasteiger charge is -2.26. The summed E-state index contributed by atoms with van der Waals surface area (Å²) in [7, 11) is 1.79. The van der Waals surface area contributed by atoms with Crippen LogP contribution in [0.15, 0.2) is 12.3 Å². The summed E-state index contributed by atoms with van der Waals surface area (Å²) in [4.78, 5) is 11.9. The number of hydrogen-bond donors (Lipinski definition) is 2. The highest BCUT2D eigenvalue weighted by molar-refractivity contribution is 6.31. The van der Waals surface area contributed by atoms with Gasteiger partial charge < -0.3 is 15.6 Å². The molecule has 3 N–H and O–H groups in total.